The van der Waals surface area contributed by atoms with Gasteiger partial charge in [-0.3, -0.25) is 4.99 Å². The summed E-state index contributed by atoms with van der Waals surface area (Å²) >= 11 is 0. The van der Waals surface area contributed by atoms with Gasteiger partial charge in [0, 0.05) is 70.2 Å². The van der Waals surface area contributed by atoms with Gasteiger partial charge in [-0.1, -0.05) is 36.4 Å². The molecule has 6 nitrogen and oxygen atoms in total. The number of guanidine groups is 1. The van der Waals surface area contributed by atoms with Gasteiger partial charge >= 0.3 is 0 Å². The summed E-state index contributed by atoms with van der Waals surface area (Å²) in [7, 11) is 3.60. The quantitative estimate of drug-likeness (QED) is 0.593. The molecule has 0 atom stereocenters. The Morgan fingerprint density at radius 2 is 1.77 bits per heavy atom. The molecule has 0 saturated carbocycles. The number of benzene rings is 2. The van der Waals surface area contributed by atoms with Crippen LogP contribution in [0.2, 0.25) is 0 Å². The summed E-state index contributed by atoms with van der Waals surface area (Å²) in [5, 5.41) is 3.70. The van der Waals surface area contributed by atoms with Crippen LogP contribution in [0.3, 0.4) is 0 Å². The van der Waals surface area contributed by atoms with Crippen LogP contribution in [-0.4, -0.2) is 71.0 Å². The minimum absolute atomic E-state index is 0.0951. The first-order valence-electron chi connectivity index (χ1n) is 11.2. The second-order valence-corrected chi connectivity index (χ2v) is 8.34. The van der Waals surface area contributed by atoms with Crippen molar-refractivity contribution in [3.05, 3.63) is 60.2 Å². The van der Waals surface area contributed by atoms with E-state index in [4.69, 9.17) is 9.47 Å². The van der Waals surface area contributed by atoms with E-state index in [0.29, 0.717) is 0 Å². The van der Waals surface area contributed by atoms with E-state index in [1.54, 1.807) is 7.11 Å². The van der Waals surface area contributed by atoms with Crippen molar-refractivity contribution in [3.8, 4) is 5.75 Å². The molecule has 0 amide bonds. The molecule has 2 aromatic carbocycles. The van der Waals surface area contributed by atoms with E-state index in [1.165, 1.54) is 11.3 Å². The van der Waals surface area contributed by atoms with Crippen molar-refractivity contribution in [2.24, 2.45) is 4.99 Å². The van der Waals surface area contributed by atoms with E-state index in [2.05, 4.69) is 68.6 Å². The monoisotopic (exact) mass is 422 g/mol. The highest BCUT2D eigenvalue weighted by Gasteiger charge is 2.35. The Bertz CT molecular complexity index is 857. The van der Waals surface area contributed by atoms with E-state index in [0.717, 1.165) is 70.5 Å². The third-order valence-electron chi connectivity index (χ3n) is 6.63. The SMILES string of the molecule is CN=C(NCC1(c2ccccc2)CCOCC1)N1CCN(c2cccc(OC)c2)CC1. The van der Waals surface area contributed by atoms with Crippen molar-refractivity contribution < 1.29 is 9.47 Å². The minimum atomic E-state index is 0.0951. The zero-order valence-electron chi connectivity index (χ0n) is 18.7. The predicted octanol–water partition coefficient (Wildman–Crippen LogP) is 3.14. The van der Waals surface area contributed by atoms with Gasteiger partial charge in [0.25, 0.3) is 0 Å². The van der Waals surface area contributed by atoms with Crippen LogP contribution in [0.1, 0.15) is 18.4 Å². The van der Waals surface area contributed by atoms with Crippen molar-refractivity contribution in [2.75, 3.05) is 65.0 Å². The van der Waals surface area contributed by atoms with Crippen molar-refractivity contribution in [1.82, 2.24) is 10.2 Å². The Hall–Kier alpha value is -2.73. The maximum atomic E-state index is 5.68. The second-order valence-electron chi connectivity index (χ2n) is 8.34. The standard InChI is InChI=1S/C25H34N4O2/c1-26-24(27-20-25(11-17-31-18-12-25)21-7-4-3-5-8-21)29-15-13-28(14-16-29)22-9-6-10-23(19-22)30-2/h3-10,19H,11-18,20H2,1-2H3,(H,26,27). The molecule has 0 aliphatic carbocycles. The molecule has 1 N–H and O–H groups in total. The molecule has 0 radical (unpaired) electrons. The molecule has 2 saturated heterocycles. The van der Waals surface area contributed by atoms with E-state index in [1.807, 2.05) is 13.1 Å². The fourth-order valence-corrected chi connectivity index (χ4v) is 4.69. The average Bonchev–Trinajstić information content (AvgIpc) is 2.86. The maximum Gasteiger partial charge on any atom is 0.193 e. The number of hydrogen-bond donors (Lipinski definition) is 1. The molecule has 2 fully saturated rings. The first kappa shape index (κ1) is 21.5. The van der Waals surface area contributed by atoms with Gasteiger partial charge in [0.2, 0.25) is 0 Å². The summed E-state index contributed by atoms with van der Waals surface area (Å²) in [6, 6.07) is 19.2. The lowest BCUT2D eigenvalue weighted by atomic mass is 9.74. The fraction of sp³-hybridized carbons (Fsp3) is 0.480. The van der Waals surface area contributed by atoms with Crippen LogP contribution >= 0.6 is 0 Å². The molecule has 0 aromatic heterocycles. The van der Waals surface area contributed by atoms with Gasteiger partial charge in [-0.15, -0.1) is 0 Å². The van der Waals surface area contributed by atoms with Gasteiger partial charge in [0.05, 0.1) is 7.11 Å². The Balaban J connectivity index is 1.38. The lowest BCUT2D eigenvalue weighted by molar-refractivity contribution is 0.0511. The molecule has 6 heteroatoms. The minimum Gasteiger partial charge on any atom is -0.497 e. The number of hydrogen-bond acceptors (Lipinski definition) is 4. The topological polar surface area (TPSA) is 49.3 Å². The molecule has 0 unspecified atom stereocenters. The number of rotatable bonds is 5. The first-order valence-corrected chi connectivity index (χ1v) is 11.2. The van der Waals surface area contributed by atoms with Crippen LogP contribution in [-0.2, 0) is 10.2 Å². The van der Waals surface area contributed by atoms with Crippen molar-refractivity contribution in [1.29, 1.82) is 0 Å². The molecule has 31 heavy (non-hydrogen) atoms. The van der Waals surface area contributed by atoms with Gasteiger partial charge in [0.1, 0.15) is 5.75 Å². The number of aliphatic imine (C=N–C) groups is 1. The molecule has 0 bridgehead atoms. The largest absolute Gasteiger partial charge is 0.497 e. The molecule has 2 aliphatic heterocycles. The van der Waals surface area contributed by atoms with Gasteiger partial charge in [0.15, 0.2) is 5.96 Å². The predicted molar refractivity (Wildman–Crippen MR) is 126 cm³/mol. The van der Waals surface area contributed by atoms with Gasteiger partial charge in [-0.05, 0) is 30.5 Å². The molecule has 166 valence electrons. The Labute approximate surface area is 185 Å². The van der Waals surface area contributed by atoms with E-state index >= 15 is 0 Å². The second kappa shape index (κ2) is 10.1. The third kappa shape index (κ3) is 4.96. The third-order valence-corrected chi connectivity index (χ3v) is 6.63. The summed E-state index contributed by atoms with van der Waals surface area (Å²) in [6.45, 7) is 6.32. The molecule has 2 aliphatic rings. The van der Waals surface area contributed by atoms with Crippen LogP contribution in [0.25, 0.3) is 0 Å². The number of piperazine rings is 1. The van der Waals surface area contributed by atoms with Gasteiger partial charge in [-0.25, -0.2) is 0 Å². The molecular formula is C25H34N4O2. The fourth-order valence-electron chi connectivity index (χ4n) is 4.69. The summed E-state index contributed by atoms with van der Waals surface area (Å²) in [6.07, 6.45) is 2.06. The number of ether oxygens (including phenoxy) is 2. The van der Waals surface area contributed by atoms with Gasteiger partial charge < -0.3 is 24.6 Å². The normalized spacial score (nSPS) is 19.2. The Morgan fingerprint density at radius 1 is 1.03 bits per heavy atom. The smallest absolute Gasteiger partial charge is 0.193 e. The van der Waals surface area contributed by atoms with Crippen molar-refractivity contribution in [3.63, 3.8) is 0 Å². The van der Waals surface area contributed by atoms with Crippen LogP contribution in [0.5, 0.6) is 5.75 Å². The zero-order valence-corrected chi connectivity index (χ0v) is 18.7. The molecule has 2 heterocycles. The van der Waals surface area contributed by atoms with E-state index in [9.17, 15) is 0 Å². The number of methoxy groups -OCH3 is 1. The van der Waals surface area contributed by atoms with Crippen LogP contribution in [0.15, 0.2) is 59.6 Å². The van der Waals surface area contributed by atoms with Crippen LogP contribution in [0, 0.1) is 0 Å². The van der Waals surface area contributed by atoms with Crippen LogP contribution in [0.4, 0.5) is 5.69 Å². The molecule has 0 spiro atoms. The highest BCUT2D eigenvalue weighted by Crippen LogP contribution is 2.34. The highest BCUT2D eigenvalue weighted by molar-refractivity contribution is 5.80. The maximum absolute atomic E-state index is 5.68. The number of anilines is 1. The number of nitrogens with zero attached hydrogens (tertiary/aromatic N) is 3. The lowest BCUT2D eigenvalue weighted by Gasteiger charge is -2.41. The first-order chi connectivity index (χ1) is 15.2. The van der Waals surface area contributed by atoms with Crippen molar-refractivity contribution >= 4 is 11.6 Å². The Kier molecular flexibility index (Phi) is 6.97. The molecule has 2 aromatic rings. The Morgan fingerprint density at radius 3 is 2.45 bits per heavy atom. The zero-order chi connectivity index (χ0) is 21.5. The summed E-state index contributed by atoms with van der Waals surface area (Å²) in [5.74, 6) is 1.90. The lowest BCUT2D eigenvalue weighted by Crippen LogP contribution is -2.55. The summed E-state index contributed by atoms with van der Waals surface area (Å²) in [5.41, 5.74) is 2.70. The van der Waals surface area contributed by atoms with Crippen LogP contribution < -0.4 is 15.0 Å². The molecular weight excluding hydrogens is 388 g/mol. The van der Waals surface area contributed by atoms with Gasteiger partial charge in [-0.2, -0.15) is 0 Å². The highest BCUT2D eigenvalue weighted by atomic mass is 16.5. The summed E-state index contributed by atoms with van der Waals surface area (Å²) < 4.78 is 11.1. The molecule has 4 rings (SSSR count). The van der Waals surface area contributed by atoms with E-state index < -0.39 is 0 Å². The van der Waals surface area contributed by atoms with E-state index in [-0.39, 0.29) is 5.41 Å². The average molecular weight is 423 g/mol. The number of nitrogens with one attached hydrogen (secondary N) is 1. The van der Waals surface area contributed by atoms with Crippen molar-refractivity contribution in [2.45, 2.75) is 18.3 Å². The summed E-state index contributed by atoms with van der Waals surface area (Å²) in [4.78, 5) is 9.39.